The monoisotopic (exact) mass is 384 g/mol. The van der Waals surface area contributed by atoms with Crippen LogP contribution in [0.2, 0.25) is 0 Å². The standard InChI is InChI=1S/C21H24N2O3S/c1-13(2)23-20(24)16-8-6-7-9-17(16)22-21(23)27-12-15-11-19(26-5)18(25-4)10-14(15)3/h6-11,13H,12H2,1-5H3. The topological polar surface area (TPSA) is 53.3 Å². The van der Waals surface area contributed by atoms with Crippen LogP contribution in [0.3, 0.4) is 0 Å². The fourth-order valence-electron chi connectivity index (χ4n) is 3.00. The maximum absolute atomic E-state index is 12.9. The number of ether oxygens (including phenoxy) is 2. The number of methoxy groups -OCH3 is 2. The second-order valence-electron chi connectivity index (χ2n) is 6.60. The summed E-state index contributed by atoms with van der Waals surface area (Å²) in [5.74, 6) is 2.10. The van der Waals surface area contributed by atoms with Crippen LogP contribution in [0, 0.1) is 6.92 Å². The molecule has 0 aliphatic heterocycles. The van der Waals surface area contributed by atoms with E-state index in [1.807, 2.05) is 57.2 Å². The van der Waals surface area contributed by atoms with Crippen LogP contribution in [0.1, 0.15) is 31.0 Å². The molecule has 0 N–H and O–H groups in total. The number of fused-ring (bicyclic) bond motifs is 1. The second kappa shape index (κ2) is 8.05. The molecule has 0 atom stereocenters. The molecule has 0 unspecified atom stereocenters. The van der Waals surface area contributed by atoms with E-state index in [-0.39, 0.29) is 11.6 Å². The van der Waals surface area contributed by atoms with Crippen molar-refractivity contribution in [1.82, 2.24) is 9.55 Å². The lowest BCUT2D eigenvalue weighted by Crippen LogP contribution is -2.25. The molecule has 5 nitrogen and oxygen atoms in total. The number of rotatable bonds is 6. The molecule has 0 bridgehead atoms. The van der Waals surface area contributed by atoms with E-state index in [9.17, 15) is 4.79 Å². The molecule has 0 saturated heterocycles. The fourth-order valence-corrected chi connectivity index (χ4v) is 4.19. The Balaban J connectivity index is 2.00. The Kier molecular flexibility index (Phi) is 5.75. The third kappa shape index (κ3) is 3.81. The molecule has 3 aromatic rings. The second-order valence-corrected chi connectivity index (χ2v) is 7.55. The van der Waals surface area contributed by atoms with Gasteiger partial charge in [0, 0.05) is 11.8 Å². The van der Waals surface area contributed by atoms with E-state index in [0.717, 1.165) is 21.8 Å². The maximum atomic E-state index is 12.9. The Hall–Kier alpha value is -2.47. The molecule has 3 rings (SSSR count). The molecule has 0 radical (unpaired) electrons. The van der Waals surface area contributed by atoms with Gasteiger partial charge in [0.15, 0.2) is 16.7 Å². The zero-order chi connectivity index (χ0) is 19.6. The third-order valence-electron chi connectivity index (χ3n) is 4.49. The molecule has 1 heterocycles. The summed E-state index contributed by atoms with van der Waals surface area (Å²) in [6.07, 6.45) is 0. The van der Waals surface area contributed by atoms with Crippen LogP contribution in [0.4, 0.5) is 0 Å². The lowest BCUT2D eigenvalue weighted by Gasteiger charge is -2.17. The zero-order valence-electron chi connectivity index (χ0n) is 16.3. The fraction of sp³-hybridized carbons (Fsp3) is 0.333. The first-order valence-electron chi connectivity index (χ1n) is 8.81. The number of hydrogen-bond donors (Lipinski definition) is 0. The molecule has 27 heavy (non-hydrogen) atoms. The first-order valence-corrected chi connectivity index (χ1v) is 9.80. The van der Waals surface area contributed by atoms with E-state index in [1.165, 1.54) is 0 Å². The summed E-state index contributed by atoms with van der Waals surface area (Å²) < 4.78 is 12.5. The largest absolute Gasteiger partial charge is 0.493 e. The van der Waals surface area contributed by atoms with Crippen LogP contribution < -0.4 is 15.0 Å². The molecule has 142 valence electrons. The molecule has 0 aliphatic rings. The van der Waals surface area contributed by atoms with Crippen molar-refractivity contribution in [2.24, 2.45) is 0 Å². The van der Waals surface area contributed by atoms with Gasteiger partial charge in [0.25, 0.3) is 5.56 Å². The minimum Gasteiger partial charge on any atom is -0.493 e. The third-order valence-corrected chi connectivity index (χ3v) is 5.49. The van der Waals surface area contributed by atoms with Gasteiger partial charge in [-0.2, -0.15) is 0 Å². The quantitative estimate of drug-likeness (QED) is 0.459. The average Bonchev–Trinajstić information content (AvgIpc) is 2.66. The SMILES string of the molecule is COc1cc(C)c(CSc2nc3ccccc3c(=O)n2C(C)C)cc1OC. The van der Waals surface area contributed by atoms with Gasteiger partial charge in [-0.15, -0.1) is 0 Å². The van der Waals surface area contributed by atoms with E-state index in [1.54, 1.807) is 30.5 Å². The highest BCUT2D eigenvalue weighted by molar-refractivity contribution is 7.98. The summed E-state index contributed by atoms with van der Waals surface area (Å²) in [6, 6.07) is 11.5. The molecule has 0 amide bonds. The van der Waals surface area contributed by atoms with Gasteiger partial charge in [0.05, 0.1) is 25.1 Å². The zero-order valence-corrected chi connectivity index (χ0v) is 17.1. The number of nitrogens with zero attached hydrogens (tertiary/aromatic N) is 2. The van der Waals surface area contributed by atoms with Gasteiger partial charge >= 0.3 is 0 Å². The van der Waals surface area contributed by atoms with Crippen molar-refractivity contribution in [3.05, 3.63) is 57.9 Å². The average molecular weight is 385 g/mol. The molecule has 0 aliphatic carbocycles. The van der Waals surface area contributed by atoms with Crippen molar-refractivity contribution in [2.45, 2.75) is 37.7 Å². The number of hydrogen-bond acceptors (Lipinski definition) is 5. The number of aryl methyl sites for hydroxylation is 1. The number of para-hydroxylation sites is 1. The van der Waals surface area contributed by atoms with Crippen LogP contribution in [0.25, 0.3) is 10.9 Å². The predicted octanol–water partition coefficient (Wildman–Crippen LogP) is 4.60. The molecule has 0 saturated carbocycles. The smallest absolute Gasteiger partial charge is 0.262 e. The highest BCUT2D eigenvalue weighted by Crippen LogP contribution is 2.33. The summed E-state index contributed by atoms with van der Waals surface area (Å²) >= 11 is 1.56. The Bertz CT molecular complexity index is 1030. The lowest BCUT2D eigenvalue weighted by atomic mass is 10.1. The molecular formula is C21H24N2O3S. The molecular weight excluding hydrogens is 360 g/mol. The van der Waals surface area contributed by atoms with Gasteiger partial charge in [-0.3, -0.25) is 9.36 Å². The highest BCUT2D eigenvalue weighted by atomic mass is 32.2. The van der Waals surface area contributed by atoms with Crippen LogP contribution in [0.5, 0.6) is 11.5 Å². The van der Waals surface area contributed by atoms with Gasteiger partial charge < -0.3 is 9.47 Å². The van der Waals surface area contributed by atoms with E-state index >= 15 is 0 Å². The Morgan fingerprint density at radius 3 is 2.44 bits per heavy atom. The Morgan fingerprint density at radius 1 is 1.11 bits per heavy atom. The normalized spacial score (nSPS) is 11.2. The van der Waals surface area contributed by atoms with Gasteiger partial charge in [-0.25, -0.2) is 4.98 Å². The highest BCUT2D eigenvalue weighted by Gasteiger charge is 2.15. The van der Waals surface area contributed by atoms with Crippen molar-refractivity contribution in [1.29, 1.82) is 0 Å². The number of aromatic nitrogens is 2. The van der Waals surface area contributed by atoms with Crippen LogP contribution in [0.15, 0.2) is 46.3 Å². The van der Waals surface area contributed by atoms with E-state index in [2.05, 4.69) is 0 Å². The summed E-state index contributed by atoms with van der Waals surface area (Å²) in [7, 11) is 3.26. The first-order chi connectivity index (χ1) is 13.0. The molecule has 2 aromatic carbocycles. The van der Waals surface area contributed by atoms with Gasteiger partial charge in [0.1, 0.15) is 0 Å². The van der Waals surface area contributed by atoms with Gasteiger partial charge in [0.2, 0.25) is 0 Å². The Labute approximate surface area is 163 Å². The van der Waals surface area contributed by atoms with Crippen molar-refractivity contribution >= 4 is 22.7 Å². The summed E-state index contributed by atoms with van der Waals surface area (Å²) in [6.45, 7) is 6.05. The van der Waals surface area contributed by atoms with E-state index < -0.39 is 0 Å². The van der Waals surface area contributed by atoms with E-state index in [0.29, 0.717) is 22.6 Å². The van der Waals surface area contributed by atoms with Crippen molar-refractivity contribution in [3.8, 4) is 11.5 Å². The maximum Gasteiger partial charge on any atom is 0.262 e. The summed E-state index contributed by atoms with van der Waals surface area (Å²) in [5, 5.41) is 1.38. The molecule has 0 fully saturated rings. The molecule has 6 heteroatoms. The minimum atomic E-state index is 0.00198. The summed E-state index contributed by atoms with van der Waals surface area (Å²) in [4.78, 5) is 17.7. The number of benzene rings is 2. The number of thioether (sulfide) groups is 1. The van der Waals surface area contributed by atoms with Crippen molar-refractivity contribution in [3.63, 3.8) is 0 Å². The lowest BCUT2D eigenvalue weighted by molar-refractivity contribution is 0.354. The van der Waals surface area contributed by atoms with Crippen molar-refractivity contribution < 1.29 is 9.47 Å². The predicted molar refractivity (Wildman–Crippen MR) is 110 cm³/mol. The molecule has 1 aromatic heterocycles. The van der Waals surface area contributed by atoms with Crippen LogP contribution >= 0.6 is 11.8 Å². The van der Waals surface area contributed by atoms with Crippen LogP contribution in [-0.4, -0.2) is 23.8 Å². The Morgan fingerprint density at radius 2 is 1.78 bits per heavy atom. The summed E-state index contributed by atoms with van der Waals surface area (Å²) in [5.41, 5.74) is 2.96. The molecule has 0 spiro atoms. The van der Waals surface area contributed by atoms with Gasteiger partial charge in [-0.1, -0.05) is 23.9 Å². The minimum absolute atomic E-state index is 0.00198. The van der Waals surface area contributed by atoms with Crippen molar-refractivity contribution in [2.75, 3.05) is 14.2 Å². The van der Waals surface area contributed by atoms with Crippen LogP contribution in [-0.2, 0) is 5.75 Å². The van der Waals surface area contributed by atoms with Gasteiger partial charge in [-0.05, 0) is 56.2 Å². The van der Waals surface area contributed by atoms with E-state index in [4.69, 9.17) is 14.5 Å². The first kappa shape index (κ1) is 19.3.